The minimum absolute atomic E-state index is 0.00788. The lowest BCUT2D eigenvalue weighted by Crippen LogP contribution is -2.28. The van der Waals surface area contributed by atoms with Crippen LogP contribution in [0.25, 0.3) is 5.57 Å². The largest absolute Gasteiger partial charge is 0.511 e. The zero-order valence-electron chi connectivity index (χ0n) is 16.8. The number of aliphatic hydroxyl groups is 1. The Hall–Kier alpha value is -2.09. The highest BCUT2D eigenvalue weighted by atomic mass is 28.3. The molecule has 4 rings (SSSR count). The number of rotatable bonds is 1. The van der Waals surface area contributed by atoms with Gasteiger partial charge in [-0.2, -0.15) is 0 Å². The van der Waals surface area contributed by atoms with Crippen molar-refractivity contribution in [2.45, 2.75) is 52.6 Å². The van der Waals surface area contributed by atoms with Gasteiger partial charge in [0.1, 0.15) is 19.9 Å². The van der Waals surface area contributed by atoms with Gasteiger partial charge in [0, 0.05) is 5.57 Å². The van der Waals surface area contributed by atoms with E-state index in [1.165, 1.54) is 0 Å². The van der Waals surface area contributed by atoms with Crippen LogP contribution in [0.3, 0.4) is 0 Å². The number of Topliss-reactive ketones (excluding diaryl/α,β-unsaturated/α-hetero) is 1. The Morgan fingerprint density at radius 2 is 1.70 bits per heavy atom. The maximum atomic E-state index is 13.2. The minimum atomic E-state index is -1.50. The van der Waals surface area contributed by atoms with Crippen LogP contribution >= 0.6 is 0 Å². The molecule has 0 spiro atoms. The molecule has 27 heavy (non-hydrogen) atoms. The van der Waals surface area contributed by atoms with Crippen molar-refractivity contribution < 1.29 is 14.6 Å². The molecular formula is C23H26O3Si. The van der Waals surface area contributed by atoms with Crippen LogP contribution in [0.2, 0.25) is 19.6 Å². The lowest BCUT2D eigenvalue weighted by Gasteiger charge is -2.19. The first-order chi connectivity index (χ1) is 12.6. The van der Waals surface area contributed by atoms with Gasteiger partial charge in [-0.15, -0.1) is 5.54 Å². The average Bonchev–Trinajstić information content (AvgIpc) is 3.18. The lowest BCUT2D eigenvalue weighted by molar-refractivity contribution is -0.118. The zero-order chi connectivity index (χ0) is 19.7. The summed E-state index contributed by atoms with van der Waals surface area (Å²) in [7, 11) is -1.50. The number of carbonyl (C=O) groups is 1. The van der Waals surface area contributed by atoms with Crippen LogP contribution < -0.4 is 0 Å². The molecule has 1 fully saturated rings. The monoisotopic (exact) mass is 378 g/mol. The van der Waals surface area contributed by atoms with E-state index in [0.29, 0.717) is 5.57 Å². The minimum Gasteiger partial charge on any atom is -0.511 e. The van der Waals surface area contributed by atoms with Crippen molar-refractivity contribution in [1.82, 2.24) is 0 Å². The van der Waals surface area contributed by atoms with Crippen LogP contribution in [-0.2, 0) is 9.53 Å². The van der Waals surface area contributed by atoms with Gasteiger partial charge < -0.3 is 9.84 Å². The highest BCUT2D eigenvalue weighted by Crippen LogP contribution is 2.53. The summed E-state index contributed by atoms with van der Waals surface area (Å²) in [6, 6.07) is 4.14. The number of aryl methyl sites for hydroxylation is 3. The third kappa shape index (κ3) is 2.81. The summed E-state index contributed by atoms with van der Waals surface area (Å²) in [5, 5.41) is 11.1. The SMILES string of the molecule is Cc1cc(C)c(C2=C(O)[C@H]3[C@@H](C2=O)[C@@H]2C=C(C#C[Si](C)(C)C)[C@H]3O2)c(C)c1. The highest BCUT2D eigenvalue weighted by Gasteiger charge is 2.59. The number of hydrogen-bond acceptors (Lipinski definition) is 3. The van der Waals surface area contributed by atoms with Crippen LogP contribution in [0.15, 0.2) is 29.5 Å². The predicted molar refractivity (Wildman–Crippen MR) is 110 cm³/mol. The van der Waals surface area contributed by atoms with Gasteiger partial charge in [0.25, 0.3) is 0 Å². The fourth-order valence-electron chi connectivity index (χ4n) is 4.70. The summed E-state index contributed by atoms with van der Waals surface area (Å²) < 4.78 is 6.03. The summed E-state index contributed by atoms with van der Waals surface area (Å²) in [5.41, 5.74) is 8.91. The molecule has 1 N–H and O–H groups in total. The molecule has 2 aliphatic heterocycles. The van der Waals surface area contributed by atoms with Gasteiger partial charge in [-0.3, -0.25) is 4.79 Å². The Balaban J connectivity index is 1.77. The van der Waals surface area contributed by atoms with Crippen molar-refractivity contribution in [1.29, 1.82) is 0 Å². The Morgan fingerprint density at radius 3 is 2.30 bits per heavy atom. The van der Waals surface area contributed by atoms with Gasteiger partial charge in [-0.05, 0) is 43.5 Å². The van der Waals surface area contributed by atoms with Crippen LogP contribution in [0, 0.1) is 44.1 Å². The predicted octanol–water partition coefficient (Wildman–Crippen LogP) is 4.28. The smallest absolute Gasteiger partial charge is 0.173 e. The molecular weight excluding hydrogens is 352 g/mol. The van der Waals surface area contributed by atoms with E-state index in [1.807, 2.05) is 26.8 Å². The molecule has 0 unspecified atom stereocenters. The van der Waals surface area contributed by atoms with Crippen LogP contribution in [-0.4, -0.2) is 31.2 Å². The number of fused-ring (bicyclic) bond motifs is 5. The van der Waals surface area contributed by atoms with E-state index >= 15 is 0 Å². The molecule has 3 nitrogen and oxygen atoms in total. The normalized spacial score (nSPS) is 29.0. The summed E-state index contributed by atoms with van der Waals surface area (Å²) >= 11 is 0. The van der Waals surface area contributed by atoms with Gasteiger partial charge in [0.15, 0.2) is 5.78 Å². The first-order valence-electron chi connectivity index (χ1n) is 9.54. The number of benzene rings is 1. The second kappa shape index (κ2) is 5.95. The maximum absolute atomic E-state index is 13.2. The first kappa shape index (κ1) is 18.3. The van der Waals surface area contributed by atoms with Crippen molar-refractivity contribution in [3.63, 3.8) is 0 Å². The Bertz CT molecular complexity index is 958. The topological polar surface area (TPSA) is 46.5 Å². The van der Waals surface area contributed by atoms with Crippen molar-refractivity contribution in [3.8, 4) is 11.5 Å². The molecule has 4 atom stereocenters. The average molecular weight is 379 g/mol. The van der Waals surface area contributed by atoms with Crippen LogP contribution in [0.5, 0.6) is 0 Å². The summed E-state index contributed by atoms with van der Waals surface area (Å²) in [5.74, 6) is 2.87. The molecule has 0 saturated carbocycles. The molecule has 140 valence electrons. The standard InChI is InChI=1S/C23H26O3Si/c1-12-9-13(2)17(14(3)10-12)19-21(24)18-16-11-15(7-8-27(4,5)6)23(26-16)20(18)22(19)25/h9-11,16,18,20,23,25H,1-6H3/t16-,18-,20+,23+/m0/s1. The van der Waals surface area contributed by atoms with Gasteiger partial charge in [0.05, 0.1) is 23.5 Å². The molecule has 3 aliphatic rings. The van der Waals surface area contributed by atoms with Gasteiger partial charge in [0.2, 0.25) is 0 Å². The number of carbonyl (C=O) groups excluding carboxylic acids is 1. The van der Waals surface area contributed by atoms with E-state index < -0.39 is 8.07 Å². The maximum Gasteiger partial charge on any atom is 0.173 e. The molecule has 0 radical (unpaired) electrons. The third-order valence-electron chi connectivity index (χ3n) is 5.65. The zero-order valence-corrected chi connectivity index (χ0v) is 17.8. The molecule has 1 saturated heterocycles. The molecule has 0 amide bonds. The molecule has 2 heterocycles. The van der Waals surface area contributed by atoms with E-state index in [-0.39, 0.29) is 35.6 Å². The van der Waals surface area contributed by atoms with Gasteiger partial charge in [-0.25, -0.2) is 0 Å². The molecule has 1 aliphatic carbocycles. The quantitative estimate of drug-likeness (QED) is 0.586. The van der Waals surface area contributed by atoms with Crippen LogP contribution in [0.1, 0.15) is 22.3 Å². The molecule has 4 heteroatoms. The number of ketones is 1. The van der Waals surface area contributed by atoms with E-state index in [9.17, 15) is 9.90 Å². The Morgan fingerprint density at radius 1 is 1.07 bits per heavy atom. The van der Waals surface area contributed by atoms with Gasteiger partial charge >= 0.3 is 0 Å². The highest BCUT2D eigenvalue weighted by molar-refractivity contribution is 6.83. The molecule has 1 aromatic rings. The number of hydrogen-bond donors (Lipinski definition) is 1. The van der Waals surface area contributed by atoms with Crippen molar-refractivity contribution in [3.05, 3.63) is 51.8 Å². The summed E-state index contributed by atoms with van der Waals surface area (Å²) in [4.78, 5) is 13.2. The molecule has 2 bridgehead atoms. The third-order valence-corrected chi connectivity index (χ3v) is 6.53. The summed E-state index contributed by atoms with van der Waals surface area (Å²) in [6.07, 6.45) is 1.43. The molecule has 1 aromatic carbocycles. The second-order valence-electron chi connectivity index (χ2n) is 9.09. The fraction of sp³-hybridized carbons (Fsp3) is 0.435. The second-order valence-corrected chi connectivity index (χ2v) is 13.8. The van der Waals surface area contributed by atoms with E-state index in [4.69, 9.17) is 4.74 Å². The first-order valence-corrected chi connectivity index (χ1v) is 13.0. The van der Waals surface area contributed by atoms with E-state index in [1.54, 1.807) is 0 Å². The van der Waals surface area contributed by atoms with Crippen molar-refractivity contribution >= 4 is 19.4 Å². The number of allylic oxidation sites excluding steroid dienone is 1. The summed E-state index contributed by atoms with van der Waals surface area (Å²) in [6.45, 7) is 12.7. The molecule has 0 aromatic heterocycles. The number of aliphatic hydroxyl groups excluding tert-OH is 1. The Kier molecular flexibility index (Phi) is 4.03. The number of ether oxygens (including phenoxy) is 1. The van der Waals surface area contributed by atoms with Crippen molar-refractivity contribution in [2.75, 3.05) is 0 Å². The Labute approximate surface area is 162 Å². The van der Waals surface area contributed by atoms with Gasteiger partial charge in [-0.1, -0.05) is 43.3 Å². The van der Waals surface area contributed by atoms with E-state index in [2.05, 4.69) is 43.2 Å². The van der Waals surface area contributed by atoms with Crippen molar-refractivity contribution in [2.24, 2.45) is 11.8 Å². The van der Waals surface area contributed by atoms with E-state index in [0.717, 1.165) is 27.8 Å². The fourth-order valence-corrected chi connectivity index (χ4v) is 5.22. The lowest BCUT2D eigenvalue weighted by atomic mass is 9.80. The van der Waals surface area contributed by atoms with Crippen LogP contribution in [0.4, 0.5) is 0 Å².